The number of nitrogens with two attached hydrogens (primary N) is 1. The molecule has 2 N–H and O–H groups in total. The van der Waals surface area contributed by atoms with Gasteiger partial charge in [-0.2, -0.15) is 0 Å². The molecule has 0 saturated carbocycles. The van der Waals surface area contributed by atoms with Gasteiger partial charge in [0.1, 0.15) is 18.1 Å². The summed E-state index contributed by atoms with van der Waals surface area (Å²) in [6, 6.07) is 5.79. The maximum Gasteiger partial charge on any atom is 0.127 e. The molecule has 0 fully saturated rings. The van der Waals surface area contributed by atoms with E-state index in [2.05, 4.69) is 6.92 Å². The van der Waals surface area contributed by atoms with Crippen LogP contribution >= 0.6 is 0 Å². The Morgan fingerprint density at radius 2 is 2.12 bits per heavy atom. The van der Waals surface area contributed by atoms with Crippen LogP contribution in [0.2, 0.25) is 0 Å². The SMILES string of the molecule is C/C=C/COc1cc(OCCC)ccc1CN. The van der Waals surface area contributed by atoms with Gasteiger partial charge in [0.2, 0.25) is 0 Å². The molecule has 1 aromatic rings. The lowest BCUT2D eigenvalue weighted by atomic mass is 10.2. The van der Waals surface area contributed by atoms with Crippen LogP contribution in [-0.2, 0) is 6.54 Å². The molecule has 3 nitrogen and oxygen atoms in total. The Morgan fingerprint density at radius 3 is 2.76 bits per heavy atom. The summed E-state index contributed by atoms with van der Waals surface area (Å²) in [6.45, 7) is 5.79. The standard InChI is InChI=1S/C14H21NO2/c1-3-5-9-17-14-10-13(16-8-4-2)7-6-12(14)11-15/h3,5-7,10H,4,8-9,11,15H2,1-2H3/b5-3+. The average Bonchev–Trinajstić information content (AvgIpc) is 2.37. The van der Waals surface area contributed by atoms with Crippen LogP contribution in [0, 0.1) is 0 Å². The minimum absolute atomic E-state index is 0.471. The van der Waals surface area contributed by atoms with Crippen molar-refractivity contribution in [2.45, 2.75) is 26.8 Å². The first-order valence-corrected chi connectivity index (χ1v) is 6.01. The summed E-state index contributed by atoms with van der Waals surface area (Å²) in [6.07, 6.45) is 4.91. The molecule has 0 radical (unpaired) electrons. The third-order valence-corrected chi connectivity index (χ3v) is 2.30. The van der Waals surface area contributed by atoms with Crippen molar-refractivity contribution in [3.63, 3.8) is 0 Å². The normalized spacial score (nSPS) is 10.8. The fraction of sp³-hybridized carbons (Fsp3) is 0.429. The van der Waals surface area contributed by atoms with Crippen molar-refractivity contribution in [2.75, 3.05) is 13.2 Å². The molecule has 0 heterocycles. The maximum absolute atomic E-state index is 5.67. The second-order valence-corrected chi connectivity index (χ2v) is 3.70. The van der Waals surface area contributed by atoms with Crippen molar-refractivity contribution < 1.29 is 9.47 Å². The lowest BCUT2D eigenvalue weighted by Gasteiger charge is -2.11. The molecular formula is C14H21NO2. The fourth-order valence-corrected chi connectivity index (χ4v) is 1.38. The Balaban J connectivity index is 2.74. The minimum atomic E-state index is 0.471. The van der Waals surface area contributed by atoms with Crippen molar-refractivity contribution in [1.29, 1.82) is 0 Å². The Hall–Kier alpha value is -1.48. The molecule has 3 heteroatoms. The summed E-state index contributed by atoms with van der Waals surface area (Å²) in [5.41, 5.74) is 6.66. The van der Waals surface area contributed by atoms with Crippen molar-refractivity contribution in [3.05, 3.63) is 35.9 Å². The van der Waals surface area contributed by atoms with Gasteiger partial charge < -0.3 is 15.2 Å². The Morgan fingerprint density at radius 1 is 1.29 bits per heavy atom. The molecule has 0 saturated heterocycles. The van der Waals surface area contributed by atoms with Crippen LogP contribution in [0.5, 0.6) is 11.5 Å². The third kappa shape index (κ3) is 4.49. The Kier molecular flexibility index (Phi) is 6.18. The number of allylic oxidation sites excluding steroid dienone is 1. The highest BCUT2D eigenvalue weighted by Gasteiger charge is 2.04. The van der Waals surface area contributed by atoms with Crippen molar-refractivity contribution in [3.8, 4) is 11.5 Å². The lowest BCUT2D eigenvalue weighted by Crippen LogP contribution is -2.03. The topological polar surface area (TPSA) is 44.5 Å². The summed E-state index contributed by atoms with van der Waals surface area (Å²) in [4.78, 5) is 0. The van der Waals surface area contributed by atoms with Crippen molar-refractivity contribution >= 4 is 0 Å². The number of hydrogen-bond acceptors (Lipinski definition) is 3. The van der Waals surface area contributed by atoms with E-state index in [9.17, 15) is 0 Å². The van der Waals surface area contributed by atoms with Crippen LogP contribution in [0.15, 0.2) is 30.4 Å². The van der Waals surface area contributed by atoms with E-state index in [0.29, 0.717) is 13.2 Å². The molecule has 0 bridgehead atoms. The maximum atomic E-state index is 5.67. The zero-order chi connectivity index (χ0) is 12.5. The predicted molar refractivity (Wildman–Crippen MR) is 70.4 cm³/mol. The van der Waals surface area contributed by atoms with Gasteiger partial charge in [-0.15, -0.1) is 0 Å². The smallest absolute Gasteiger partial charge is 0.127 e. The van der Waals surface area contributed by atoms with E-state index < -0.39 is 0 Å². The van der Waals surface area contributed by atoms with E-state index in [1.165, 1.54) is 0 Å². The van der Waals surface area contributed by atoms with E-state index in [4.69, 9.17) is 15.2 Å². The molecule has 0 aromatic heterocycles. The highest BCUT2D eigenvalue weighted by Crippen LogP contribution is 2.24. The Labute approximate surface area is 103 Å². The van der Waals surface area contributed by atoms with Gasteiger partial charge in [-0.05, 0) is 19.4 Å². The van der Waals surface area contributed by atoms with Crippen LogP contribution in [0.25, 0.3) is 0 Å². The van der Waals surface area contributed by atoms with Crippen LogP contribution in [0.4, 0.5) is 0 Å². The molecule has 0 aliphatic carbocycles. The van der Waals surface area contributed by atoms with Gasteiger partial charge in [-0.1, -0.05) is 25.1 Å². The first kappa shape index (κ1) is 13.6. The highest BCUT2D eigenvalue weighted by molar-refractivity contribution is 5.40. The van der Waals surface area contributed by atoms with Crippen LogP contribution in [-0.4, -0.2) is 13.2 Å². The molecular weight excluding hydrogens is 214 g/mol. The number of rotatable bonds is 7. The van der Waals surface area contributed by atoms with E-state index >= 15 is 0 Å². The van der Waals surface area contributed by atoms with Crippen molar-refractivity contribution in [1.82, 2.24) is 0 Å². The summed E-state index contributed by atoms with van der Waals surface area (Å²) < 4.78 is 11.2. The number of benzene rings is 1. The molecule has 1 rings (SSSR count). The van der Waals surface area contributed by atoms with Crippen LogP contribution in [0.1, 0.15) is 25.8 Å². The molecule has 0 aliphatic heterocycles. The Bertz CT molecular complexity index is 361. The second-order valence-electron chi connectivity index (χ2n) is 3.70. The first-order chi connectivity index (χ1) is 8.31. The van der Waals surface area contributed by atoms with E-state index in [-0.39, 0.29) is 0 Å². The quantitative estimate of drug-likeness (QED) is 0.739. The van der Waals surface area contributed by atoms with Gasteiger partial charge in [0.15, 0.2) is 0 Å². The van der Waals surface area contributed by atoms with E-state index in [1.54, 1.807) is 0 Å². The first-order valence-electron chi connectivity index (χ1n) is 6.01. The molecule has 0 unspecified atom stereocenters. The molecule has 0 aliphatic rings. The van der Waals surface area contributed by atoms with Gasteiger partial charge in [-0.25, -0.2) is 0 Å². The summed E-state index contributed by atoms with van der Waals surface area (Å²) in [5, 5.41) is 0. The van der Waals surface area contributed by atoms with Gasteiger partial charge in [-0.3, -0.25) is 0 Å². The zero-order valence-corrected chi connectivity index (χ0v) is 10.6. The zero-order valence-electron chi connectivity index (χ0n) is 10.6. The summed E-state index contributed by atoms with van der Waals surface area (Å²) in [7, 11) is 0. The number of hydrogen-bond donors (Lipinski definition) is 1. The molecule has 0 atom stereocenters. The van der Waals surface area contributed by atoms with E-state index in [1.807, 2.05) is 37.3 Å². The highest BCUT2D eigenvalue weighted by atomic mass is 16.5. The van der Waals surface area contributed by atoms with E-state index in [0.717, 1.165) is 30.1 Å². The average molecular weight is 235 g/mol. The largest absolute Gasteiger partial charge is 0.493 e. The van der Waals surface area contributed by atoms with Gasteiger partial charge in [0.25, 0.3) is 0 Å². The van der Waals surface area contributed by atoms with Crippen LogP contribution < -0.4 is 15.2 Å². The molecule has 0 spiro atoms. The third-order valence-electron chi connectivity index (χ3n) is 2.30. The van der Waals surface area contributed by atoms with Gasteiger partial charge in [0, 0.05) is 18.2 Å². The summed E-state index contributed by atoms with van der Waals surface area (Å²) >= 11 is 0. The lowest BCUT2D eigenvalue weighted by molar-refractivity contribution is 0.311. The van der Waals surface area contributed by atoms with Gasteiger partial charge >= 0.3 is 0 Å². The van der Waals surface area contributed by atoms with Crippen LogP contribution in [0.3, 0.4) is 0 Å². The number of ether oxygens (including phenoxy) is 2. The molecule has 1 aromatic carbocycles. The molecule has 94 valence electrons. The van der Waals surface area contributed by atoms with Crippen molar-refractivity contribution in [2.24, 2.45) is 5.73 Å². The summed E-state index contributed by atoms with van der Waals surface area (Å²) in [5.74, 6) is 1.64. The molecule has 17 heavy (non-hydrogen) atoms. The monoisotopic (exact) mass is 235 g/mol. The second kappa shape index (κ2) is 7.74. The minimum Gasteiger partial charge on any atom is -0.493 e. The predicted octanol–water partition coefficient (Wildman–Crippen LogP) is 2.89. The van der Waals surface area contributed by atoms with Gasteiger partial charge in [0.05, 0.1) is 6.61 Å². The molecule has 0 amide bonds. The fourth-order valence-electron chi connectivity index (χ4n) is 1.38.